The molecule has 5 heteroatoms. The predicted molar refractivity (Wildman–Crippen MR) is 63.1 cm³/mol. The van der Waals surface area contributed by atoms with Gasteiger partial charge in [0.25, 0.3) is 0 Å². The van der Waals surface area contributed by atoms with Crippen molar-refractivity contribution in [1.82, 2.24) is 5.32 Å². The number of hydrogen-bond acceptors (Lipinski definition) is 4. The molecule has 1 atom stereocenters. The van der Waals surface area contributed by atoms with Crippen LogP contribution in [0.15, 0.2) is 30.3 Å². The molecule has 0 saturated heterocycles. The first kappa shape index (κ1) is 12.6. The molecule has 16 heavy (non-hydrogen) atoms. The fourth-order valence-corrected chi connectivity index (χ4v) is 1.36. The molecule has 0 saturated carbocycles. The van der Waals surface area contributed by atoms with Crippen LogP contribution in [-0.2, 0) is 20.9 Å². The topological polar surface area (TPSA) is 55.4 Å². The molecule has 1 aromatic carbocycles. The molecule has 0 aliphatic heterocycles. The molecular formula is C11H13NO3S. The van der Waals surface area contributed by atoms with Gasteiger partial charge in [0.2, 0.25) is 6.41 Å². The number of nitrogens with one attached hydrogen (secondary N) is 1. The van der Waals surface area contributed by atoms with Crippen LogP contribution in [0.1, 0.15) is 5.56 Å². The Bertz CT molecular complexity index is 342. The van der Waals surface area contributed by atoms with Crippen molar-refractivity contribution in [3.05, 3.63) is 35.9 Å². The number of ether oxygens (including phenoxy) is 1. The van der Waals surface area contributed by atoms with Crippen LogP contribution in [0.3, 0.4) is 0 Å². The molecule has 0 bridgehead atoms. The van der Waals surface area contributed by atoms with E-state index < -0.39 is 12.0 Å². The van der Waals surface area contributed by atoms with Crippen molar-refractivity contribution >= 4 is 25.0 Å². The summed E-state index contributed by atoms with van der Waals surface area (Å²) in [5.74, 6) is -0.266. The number of hydrogen-bond donors (Lipinski definition) is 2. The molecule has 0 spiro atoms. The smallest absolute Gasteiger partial charge is 0.329 e. The molecule has 0 heterocycles. The summed E-state index contributed by atoms with van der Waals surface area (Å²) in [6.45, 7) is 0.199. The highest BCUT2D eigenvalue weighted by atomic mass is 32.1. The zero-order chi connectivity index (χ0) is 11.8. The second-order valence-electron chi connectivity index (χ2n) is 3.11. The summed E-state index contributed by atoms with van der Waals surface area (Å²) in [5, 5.41) is 2.34. The van der Waals surface area contributed by atoms with Crippen molar-refractivity contribution in [3.63, 3.8) is 0 Å². The van der Waals surface area contributed by atoms with Gasteiger partial charge in [-0.1, -0.05) is 30.3 Å². The lowest BCUT2D eigenvalue weighted by atomic mass is 10.2. The molecule has 0 unspecified atom stereocenters. The monoisotopic (exact) mass is 239 g/mol. The summed E-state index contributed by atoms with van der Waals surface area (Å²) in [6, 6.07) is 8.64. The van der Waals surface area contributed by atoms with Gasteiger partial charge in [-0.2, -0.15) is 12.6 Å². The van der Waals surface area contributed by atoms with Crippen LogP contribution >= 0.6 is 12.6 Å². The van der Waals surface area contributed by atoms with E-state index in [0.29, 0.717) is 6.41 Å². The Morgan fingerprint density at radius 1 is 1.44 bits per heavy atom. The summed E-state index contributed by atoms with van der Waals surface area (Å²) < 4.78 is 5.02. The molecule has 1 rings (SSSR count). The van der Waals surface area contributed by atoms with E-state index in [0.717, 1.165) is 5.56 Å². The van der Waals surface area contributed by atoms with E-state index in [4.69, 9.17) is 4.74 Å². The molecule has 4 nitrogen and oxygen atoms in total. The first-order chi connectivity index (χ1) is 7.77. The van der Waals surface area contributed by atoms with E-state index in [9.17, 15) is 9.59 Å². The van der Waals surface area contributed by atoms with Crippen molar-refractivity contribution < 1.29 is 14.3 Å². The molecule has 0 aromatic heterocycles. The van der Waals surface area contributed by atoms with Gasteiger partial charge in [-0.15, -0.1) is 0 Å². The van der Waals surface area contributed by atoms with Crippen LogP contribution < -0.4 is 5.32 Å². The van der Waals surface area contributed by atoms with Gasteiger partial charge in [-0.05, 0) is 5.56 Å². The average Bonchev–Trinajstić information content (AvgIpc) is 2.34. The predicted octanol–water partition coefficient (Wildman–Crippen LogP) is 0.774. The zero-order valence-corrected chi connectivity index (χ0v) is 9.52. The highest BCUT2D eigenvalue weighted by molar-refractivity contribution is 7.80. The molecule has 1 amide bonds. The largest absolute Gasteiger partial charge is 0.459 e. The van der Waals surface area contributed by atoms with Crippen LogP contribution in [0.2, 0.25) is 0 Å². The molecule has 86 valence electrons. The first-order valence-corrected chi connectivity index (χ1v) is 5.42. The fraction of sp³-hybridized carbons (Fsp3) is 0.273. The van der Waals surface area contributed by atoms with Gasteiger partial charge >= 0.3 is 5.97 Å². The van der Waals surface area contributed by atoms with E-state index >= 15 is 0 Å². The van der Waals surface area contributed by atoms with Gasteiger partial charge in [0, 0.05) is 5.75 Å². The Hall–Kier alpha value is -1.49. The zero-order valence-electron chi connectivity index (χ0n) is 8.63. The van der Waals surface area contributed by atoms with Crippen LogP contribution in [0.25, 0.3) is 0 Å². The fourth-order valence-electron chi connectivity index (χ4n) is 1.11. The van der Waals surface area contributed by atoms with E-state index in [2.05, 4.69) is 17.9 Å². The van der Waals surface area contributed by atoms with Gasteiger partial charge in [0.1, 0.15) is 12.6 Å². The van der Waals surface area contributed by atoms with E-state index in [1.54, 1.807) is 0 Å². The number of amides is 1. The Balaban J connectivity index is 2.42. The molecule has 0 aliphatic carbocycles. The summed E-state index contributed by atoms with van der Waals surface area (Å²) in [4.78, 5) is 21.6. The highest BCUT2D eigenvalue weighted by Gasteiger charge is 2.16. The Kier molecular flexibility index (Phi) is 5.42. The highest BCUT2D eigenvalue weighted by Crippen LogP contribution is 2.02. The molecule has 1 N–H and O–H groups in total. The summed E-state index contributed by atoms with van der Waals surface area (Å²) in [7, 11) is 0. The SMILES string of the molecule is O=CN[C@@H](CS)C(=O)OCc1ccccc1. The van der Waals surface area contributed by atoms with Gasteiger partial charge < -0.3 is 10.1 Å². The Labute approximate surface area is 99.4 Å². The minimum Gasteiger partial charge on any atom is -0.459 e. The minimum absolute atomic E-state index is 0.199. The van der Waals surface area contributed by atoms with Gasteiger partial charge in [-0.3, -0.25) is 4.79 Å². The summed E-state index contributed by atoms with van der Waals surface area (Å²) >= 11 is 3.95. The molecule has 0 fully saturated rings. The van der Waals surface area contributed by atoms with Crippen LogP contribution in [0, 0.1) is 0 Å². The maximum absolute atomic E-state index is 11.4. The standard InChI is InChI=1S/C11H13NO3S/c13-8-12-10(7-16)11(14)15-6-9-4-2-1-3-5-9/h1-5,8,10,16H,6-7H2,(H,12,13)/t10-/m0/s1. The second kappa shape index (κ2) is 6.90. The summed E-state index contributed by atoms with van der Waals surface area (Å²) in [5.41, 5.74) is 0.903. The van der Waals surface area contributed by atoms with Crippen LogP contribution in [-0.4, -0.2) is 24.2 Å². The van der Waals surface area contributed by atoms with E-state index in [1.165, 1.54) is 0 Å². The number of rotatable bonds is 6. The number of carbonyl (C=O) groups excluding carboxylic acids is 2. The maximum atomic E-state index is 11.4. The van der Waals surface area contributed by atoms with Crippen LogP contribution in [0.4, 0.5) is 0 Å². The van der Waals surface area contributed by atoms with Crippen molar-refractivity contribution in [3.8, 4) is 0 Å². The van der Waals surface area contributed by atoms with Crippen molar-refractivity contribution in [2.24, 2.45) is 0 Å². The molecular weight excluding hydrogens is 226 g/mol. The normalized spacial score (nSPS) is 11.6. The van der Waals surface area contributed by atoms with Crippen molar-refractivity contribution in [2.45, 2.75) is 12.6 Å². The quantitative estimate of drug-likeness (QED) is 0.438. The van der Waals surface area contributed by atoms with Crippen molar-refractivity contribution in [1.29, 1.82) is 0 Å². The molecule has 1 aromatic rings. The van der Waals surface area contributed by atoms with Gasteiger partial charge in [0.05, 0.1) is 0 Å². The first-order valence-electron chi connectivity index (χ1n) is 4.79. The third-order valence-electron chi connectivity index (χ3n) is 1.96. The lowest BCUT2D eigenvalue weighted by Gasteiger charge is -2.12. The van der Waals surface area contributed by atoms with Gasteiger partial charge in [-0.25, -0.2) is 4.79 Å². The third-order valence-corrected chi connectivity index (χ3v) is 2.33. The number of carbonyl (C=O) groups is 2. The molecule has 0 aliphatic rings. The minimum atomic E-state index is -0.690. The second-order valence-corrected chi connectivity index (χ2v) is 3.48. The molecule has 0 radical (unpaired) electrons. The maximum Gasteiger partial charge on any atom is 0.329 e. The Morgan fingerprint density at radius 3 is 2.69 bits per heavy atom. The van der Waals surface area contributed by atoms with Gasteiger partial charge in [0.15, 0.2) is 0 Å². The number of benzene rings is 1. The lowest BCUT2D eigenvalue weighted by Crippen LogP contribution is -2.38. The Morgan fingerprint density at radius 2 is 2.12 bits per heavy atom. The average molecular weight is 239 g/mol. The van der Waals surface area contributed by atoms with E-state index in [-0.39, 0.29) is 12.4 Å². The van der Waals surface area contributed by atoms with Crippen molar-refractivity contribution in [2.75, 3.05) is 5.75 Å². The number of thiol groups is 1. The van der Waals surface area contributed by atoms with Crippen LogP contribution in [0.5, 0.6) is 0 Å². The van der Waals surface area contributed by atoms with E-state index in [1.807, 2.05) is 30.3 Å². The third kappa shape index (κ3) is 3.94. The lowest BCUT2D eigenvalue weighted by molar-refractivity contribution is -0.147. The summed E-state index contributed by atoms with van der Waals surface area (Å²) in [6.07, 6.45) is 0.463. The number of esters is 1.